The summed E-state index contributed by atoms with van der Waals surface area (Å²) in [5, 5.41) is 7.27. The van der Waals surface area contributed by atoms with Gasteiger partial charge in [-0.05, 0) is 48.7 Å². The first-order valence-corrected chi connectivity index (χ1v) is 9.96. The van der Waals surface area contributed by atoms with Gasteiger partial charge in [-0.3, -0.25) is 4.79 Å². The summed E-state index contributed by atoms with van der Waals surface area (Å²) in [6, 6.07) is 14.2. The Morgan fingerprint density at radius 2 is 1.87 bits per heavy atom. The molecule has 0 spiro atoms. The number of amides is 1. The number of nitrogens with zero attached hydrogens (tertiary/aromatic N) is 3. The highest BCUT2D eigenvalue weighted by atomic mass is 19.1. The number of carbonyl (C=O) groups excluding carboxylic acids is 1. The van der Waals surface area contributed by atoms with Crippen molar-refractivity contribution in [3.63, 3.8) is 0 Å². The monoisotopic (exact) mass is 418 g/mol. The molecule has 6 nitrogen and oxygen atoms in total. The second kappa shape index (κ2) is 8.55. The standard InChI is InChI=1S/C24H23FN4O2/c1-15-20(12-18-6-4-5-7-22(18)25)16(2)29-23(28-15)21(14-27-29)24(30)26-13-17-8-10-19(31-3)11-9-17/h4-11,14H,12-13H2,1-3H3,(H,26,30). The van der Waals surface area contributed by atoms with Crippen LogP contribution in [0.25, 0.3) is 5.65 Å². The molecule has 0 saturated carbocycles. The van der Waals surface area contributed by atoms with Gasteiger partial charge in [-0.15, -0.1) is 0 Å². The van der Waals surface area contributed by atoms with Crippen molar-refractivity contribution < 1.29 is 13.9 Å². The molecule has 4 rings (SSSR count). The zero-order chi connectivity index (χ0) is 22.0. The number of hydrogen-bond acceptors (Lipinski definition) is 4. The van der Waals surface area contributed by atoms with Gasteiger partial charge < -0.3 is 10.1 Å². The second-order valence-corrected chi connectivity index (χ2v) is 7.35. The lowest BCUT2D eigenvalue weighted by atomic mass is 10.0. The van der Waals surface area contributed by atoms with Crippen LogP contribution in [0.1, 0.15) is 38.4 Å². The van der Waals surface area contributed by atoms with Crippen molar-refractivity contribution in [2.24, 2.45) is 0 Å². The summed E-state index contributed by atoms with van der Waals surface area (Å²) in [4.78, 5) is 17.4. The van der Waals surface area contributed by atoms with E-state index in [1.54, 1.807) is 23.8 Å². The van der Waals surface area contributed by atoms with Crippen LogP contribution in [0.2, 0.25) is 0 Å². The molecule has 0 unspecified atom stereocenters. The number of benzene rings is 2. The first-order chi connectivity index (χ1) is 15.0. The third-order valence-corrected chi connectivity index (χ3v) is 5.39. The van der Waals surface area contributed by atoms with Crippen LogP contribution in [-0.2, 0) is 13.0 Å². The Kier molecular flexibility index (Phi) is 5.66. The van der Waals surface area contributed by atoms with Crippen molar-refractivity contribution >= 4 is 11.6 Å². The molecular weight excluding hydrogens is 395 g/mol. The third kappa shape index (κ3) is 4.12. The normalized spacial score (nSPS) is 11.0. The summed E-state index contributed by atoms with van der Waals surface area (Å²) in [5.41, 5.74) is 4.91. The molecular formula is C24H23FN4O2. The zero-order valence-corrected chi connectivity index (χ0v) is 17.6. The predicted molar refractivity (Wildman–Crippen MR) is 116 cm³/mol. The molecule has 4 aromatic rings. The number of nitrogens with one attached hydrogen (secondary N) is 1. The van der Waals surface area contributed by atoms with Crippen LogP contribution < -0.4 is 10.1 Å². The highest BCUT2D eigenvalue weighted by molar-refractivity contribution is 5.99. The Labute approximate surface area is 179 Å². The fraction of sp³-hybridized carbons (Fsp3) is 0.208. The van der Waals surface area contributed by atoms with E-state index in [2.05, 4.69) is 15.4 Å². The largest absolute Gasteiger partial charge is 0.497 e. The van der Waals surface area contributed by atoms with Gasteiger partial charge in [-0.1, -0.05) is 30.3 Å². The van der Waals surface area contributed by atoms with Gasteiger partial charge in [0, 0.05) is 24.4 Å². The van der Waals surface area contributed by atoms with Crippen LogP contribution >= 0.6 is 0 Å². The Bertz CT molecular complexity index is 1250. The van der Waals surface area contributed by atoms with Gasteiger partial charge >= 0.3 is 0 Å². The minimum Gasteiger partial charge on any atom is -0.497 e. The number of halogens is 1. The lowest BCUT2D eigenvalue weighted by molar-refractivity contribution is 0.0952. The molecule has 0 atom stereocenters. The van der Waals surface area contributed by atoms with Gasteiger partial charge in [0.05, 0.1) is 13.3 Å². The van der Waals surface area contributed by atoms with Crippen LogP contribution in [0, 0.1) is 19.7 Å². The summed E-state index contributed by atoms with van der Waals surface area (Å²) < 4.78 is 20.9. The Morgan fingerprint density at radius 3 is 2.58 bits per heavy atom. The van der Waals surface area contributed by atoms with Gasteiger partial charge in [-0.2, -0.15) is 5.10 Å². The first-order valence-electron chi connectivity index (χ1n) is 9.96. The number of methoxy groups -OCH3 is 1. The maximum absolute atomic E-state index is 14.1. The second-order valence-electron chi connectivity index (χ2n) is 7.35. The maximum Gasteiger partial charge on any atom is 0.257 e. The van der Waals surface area contributed by atoms with E-state index in [9.17, 15) is 9.18 Å². The molecule has 31 heavy (non-hydrogen) atoms. The molecule has 2 aromatic carbocycles. The zero-order valence-electron chi connectivity index (χ0n) is 17.6. The SMILES string of the molecule is COc1ccc(CNC(=O)c2cnn3c(C)c(Cc4ccccc4F)c(C)nc23)cc1. The number of carbonyl (C=O) groups is 1. The molecule has 0 radical (unpaired) electrons. The molecule has 0 saturated heterocycles. The van der Waals surface area contributed by atoms with E-state index in [1.165, 1.54) is 12.3 Å². The molecule has 0 fully saturated rings. The van der Waals surface area contributed by atoms with E-state index in [1.807, 2.05) is 44.2 Å². The minimum absolute atomic E-state index is 0.250. The lowest BCUT2D eigenvalue weighted by Crippen LogP contribution is -2.23. The summed E-state index contributed by atoms with van der Waals surface area (Å²) in [6.07, 6.45) is 1.93. The molecule has 0 bridgehead atoms. The Balaban J connectivity index is 1.58. The number of aryl methyl sites for hydroxylation is 2. The molecule has 2 heterocycles. The van der Waals surface area contributed by atoms with E-state index in [4.69, 9.17) is 4.74 Å². The van der Waals surface area contributed by atoms with Crippen molar-refractivity contribution in [2.45, 2.75) is 26.8 Å². The van der Waals surface area contributed by atoms with Gasteiger partial charge in [0.25, 0.3) is 5.91 Å². The highest BCUT2D eigenvalue weighted by Gasteiger charge is 2.19. The quantitative estimate of drug-likeness (QED) is 0.514. The Hall–Kier alpha value is -3.74. The summed E-state index contributed by atoms with van der Waals surface area (Å²) in [5.74, 6) is 0.262. The minimum atomic E-state index is -0.251. The van der Waals surface area contributed by atoms with Crippen LogP contribution in [0.15, 0.2) is 54.7 Å². The van der Waals surface area contributed by atoms with Gasteiger partial charge in [0.1, 0.15) is 17.1 Å². The van der Waals surface area contributed by atoms with Gasteiger partial charge in [-0.25, -0.2) is 13.9 Å². The topological polar surface area (TPSA) is 68.5 Å². The molecule has 1 N–H and O–H groups in total. The maximum atomic E-state index is 14.1. The number of aromatic nitrogens is 3. The van der Waals surface area contributed by atoms with Crippen LogP contribution in [0.3, 0.4) is 0 Å². The molecule has 0 aliphatic rings. The molecule has 0 aliphatic heterocycles. The number of rotatable bonds is 6. The van der Waals surface area contributed by atoms with E-state index in [0.717, 1.165) is 28.3 Å². The van der Waals surface area contributed by atoms with E-state index < -0.39 is 0 Å². The predicted octanol–water partition coefficient (Wildman–Crippen LogP) is 4.01. The number of hydrogen-bond donors (Lipinski definition) is 1. The first kappa shape index (κ1) is 20.5. The summed E-state index contributed by atoms with van der Waals surface area (Å²) in [6.45, 7) is 4.16. The fourth-order valence-corrected chi connectivity index (χ4v) is 3.58. The Morgan fingerprint density at radius 1 is 1.13 bits per heavy atom. The smallest absolute Gasteiger partial charge is 0.257 e. The van der Waals surface area contributed by atoms with Crippen molar-refractivity contribution in [1.82, 2.24) is 19.9 Å². The van der Waals surface area contributed by atoms with Crippen LogP contribution in [0.5, 0.6) is 5.75 Å². The summed E-state index contributed by atoms with van der Waals surface area (Å²) in [7, 11) is 1.61. The van der Waals surface area contributed by atoms with Crippen molar-refractivity contribution in [1.29, 1.82) is 0 Å². The summed E-state index contributed by atoms with van der Waals surface area (Å²) >= 11 is 0. The highest BCUT2D eigenvalue weighted by Crippen LogP contribution is 2.21. The van der Waals surface area contributed by atoms with Crippen molar-refractivity contribution in [3.05, 3.63) is 94.2 Å². The van der Waals surface area contributed by atoms with Crippen LogP contribution in [-0.4, -0.2) is 27.6 Å². The van der Waals surface area contributed by atoms with Gasteiger partial charge in [0.2, 0.25) is 0 Å². The molecule has 7 heteroatoms. The fourth-order valence-electron chi connectivity index (χ4n) is 3.58. The third-order valence-electron chi connectivity index (χ3n) is 5.39. The van der Waals surface area contributed by atoms with E-state index >= 15 is 0 Å². The van der Waals surface area contributed by atoms with E-state index in [-0.39, 0.29) is 11.7 Å². The average Bonchev–Trinajstić information content (AvgIpc) is 3.20. The lowest BCUT2D eigenvalue weighted by Gasteiger charge is -2.12. The van der Waals surface area contributed by atoms with Crippen LogP contribution in [0.4, 0.5) is 4.39 Å². The molecule has 1 amide bonds. The van der Waals surface area contributed by atoms with E-state index in [0.29, 0.717) is 29.7 Å². The van der Waals surface area contributed by atoms with Gasteiger partial charge in [0.15, 0.2) is 5.65 Å². The molecule has 0 aliphatic carbocycles. The number of fused-ring (bicyclic) bond motifs is 1. The average molecular weight is 418 g/mol. The van der Waals surface area contributed by atoms with Crippen molar-refractivity contribution in [3.8, 4) is 5.75 Å². The molecule has 2 aromatic heterocycles. The number of ether oxygens (including phenoxy) is 1. The van der Waals surface area contributed by atoms with Crippen molar-refractivity contribution in [2.75, 3.05) is 7.11 Å². The molecule has 158 valence electrons.